The zero-order valence-electron chi connectivity index (χ0n) is 10.4. The standard InChI is InChI=1S/C11H10Cl2N2O6/c12-7-4-5(15(20)21)3-6(9(7)13)10(17)14-8(1-2-16)11(18)19/h3-4,8,16H,1-2H2,(H,14,17)(H,18,19). The number of aliphatic hydroxyl groups is 1. The Morgan fingerprint density at radius 3 is 2.48 bits per heavy atom. The third-order valence-electron chi connectivity index (χ3n) is 2.49. The predicted molar refractivity (Wildman–Crippen MR) is 73.7 cm³/mol. The van der Waals surface area contributed by atoms with Crippen LogP contribution in [0.25, 0.3) is 0 Å². The molecule has 21 heavy (non-hydrogen) atoms. The Kier molecular flexibility index (Phi) is 5.89. The fourth-order valence-corrected chi connectivity index (χ4v) is 1.88. The lowest BCUT2D eigenvalue weighted by Crippen LogP contribution is -2.41. The number of non-ortho nitro benzene ring substituents is 1. The fraction of sp³-hybridized carbons (Fsp3) is 0.273. The molecule has 0 aliphatic carbocycles. The van der Waals surface area contributed by atoms with E-state index in [0.717, 1.165) is 12.1 Å². The maximum absolute atomic E-state index is 12.0. The number of carboxylic acid groups (broad SMARTS) is 1. The van der Waals surface area contributed by atoms with Crippen molar-refractivity contribution in [1.29, 1.82) is 0 Å². The summed E-state index contributed by atoms with van der Waals surface area (Å²) in [4.78, 5) is 32.8. The molecular weight excluding hydrogens is 327 g/mol. The summed E-state index contributed by atoms with van der Waals surface area (Å²) in [6.07, 6.45) is -0.221. The maximum atomic E-state index is 12.0. The molecule has 3 N–H and O–H groups in total. The van der Waals surface area contributed by atoms with Gasteiger partial charge >= 0.3 is 5.97 Å². The smallest absolute Gasteiger partial charge is 0.326 e. The number of carbonyl (C=O) groups is 2. The molecule has 0 spiro atoms. The van der Waals surface area contributed by atoms with E-state index < -0.39 is 35.1 Å². The Hall–Kier alpha value is -1.90. The van der Waals surface area contributed by atoms with Gasteiger partial charge in [0, 0.05) is 25.2 Å². The number of nitro groups is 1. The summed E-state index contributed by atoms with van der Waals surface area (Å²) in [7, 11) is 0. The number of aliphatic hydroxyl groups excluding tert-OH is 1. The van der Waals surface area contributed by atoms with Gasteiger partial charge in [0.1, 0.15) is 6.04 Å². The molecule has 114 valence electrons. The number of hydrogen-bond donors (Lipinski definition) is 3. The quantitative estimate of drug-likeness (QED) is 0.532. The number of benzene rings is 1. The molecule has 0 heterocycles. The molecule has 1 aromatic rings. The van der Waals surface area contributed by atoms with Crippen LogP contribution in [0.4, 0.5) is 5.69 Å². The van der Waals surface area contributed by atoms with Gasteiger partial charge in [-0.25, -0.2) is 4.79 Å². The fourth-order valence-electron chi connectivity index (χ4n) is 1.47. The molecular formula is C11H10Cl2N2O6. The second kappa shape index (κ2) is 7.21. The summed E-state index contributed by atoms with van der Waals surface area (Å²) < 4.78 is 0. The number of carbonyl (C=O) groups excluding carboxylic acids is 1. The van der Waals surface area contributed by atoms with Crippen molar-refractivity contribution in [1.82, 2.24) is 5.32 Å². The van der Waals surface area contributed by atoms with Gasteiger partial charge in [-0.2, -0.15) is 0 Å². The van der Waals surface area contributed by atoms with E-state index in [0.29, 0.717) is 0 Å². The summed E-state index contributed by atoms with van der Waals surface area (Å²) >= 11 is 11.5. The first-order valence-corrected chi connectivity index (χ1v) is 6.31. The minimum absolute atomic E-state index is 0.204. The first-order valence-electron chi connectivity index (χ1n) is 5.56. The summed E-state index contributed by atoms with van der Waals surface area (Å²) in [6, 6.07) is 0.515. The number of nitro benzene ring substituents is 1. The molecule has 1 atom stereocenters. The molecule has 0 radical (unpaired) electrons. The van der Waals surface area contributed by atoms with Gasteiger partial charge in [-0.3, -0.25) is 14.9 Å². The average Bonchev–Trinajstić information content (AvgIpc) is 2.40. The van der Waals surface area contributed by atoms with Gasteiger partial charge in [0.15, 0.2) is 0 Å². The van der Waals surface area contributed by atoms with E-state index in [2.05, 4.69) is 5.32 Å². The third-order valence-corrected chi connectivity index (χ3v) is 3.29. The van der Waals surface area contributed by atoms with Crippen molar-refractivity contribution < 1.29 is 24.7 Å². The Balaban J connectivity index is 3.11. The van der Waals surface area contributed by atoms with Gasteiger partial charge in [0.2, 0.25) is 0 Å². The highest BCUT2D eigenvalue weighted by atomic mass is 35.5. The predicted octanol–water partition coefficient (Wildman–Crippen LogP) is 1.47. The van der Waals surface area contributed by atoms with Crippen LogP contribution >= 0.6 is 23.2 Å². The van der Waals surface area contributed by atoms with Gasteiger partial charge in [-0.1, -0.05) is 23.2 Å². The summed E-state index contributed by atoms with van der Waals surface area (Å²) in [5, 5.41) is 30.0. The largest absolute Gasteiger partial charge is 0.480 e. The van der Waals surface area contributed by atoms with Gasteiger partial charge in [0.25, 0.3) is 11.6 Å². The van der Waals surface area contributed by atoms with Crippen molar-refractivity contribution in [2.75, 3.05) is 6.61 Å². The lowest BCUT2D eigenvalue weighted by Gasteiger charge is -2.14. The van der Waals surface area contributed by atoms with Crippen LogP contribution in [0.2, 0.25) is 10.0 Å². The summed E-state index contributed by atoms with van der Waals surface area (Å²) in [5.74, 6) is -2.29. The van der Waals surface area contributed by atoms with Crippen LogP contribution in [-0.2, 0) is 4.79 Å². The number of rotatable bonds is 6. The molecule has 0 aromatic heterocycles. The molecule has 0 fully saturated rings. The highest BCUT2D eigenvalue weighted by molar-refractivity contribution is 6.44. The summed E-state index contributed by atoms with van der Waals surface area (Å²) in [6.45, 7) is -0.458. The number of hydrogen-bond acceptors (Lipinski definition) is 5. The molecule has 0 aliphatic rings. The van der Waals surface area contributed by atoms with Crippen LogP contribution in [0.3, 0.4) is 0 Å². The minimum Gasteiger partial charge on any atom is -0.480 e. The first kappa shape index (κ1) is 17.2. The topological polar surface area (TPSA) is 130 Å². The number of aliphatic carboxylic acids is 1. The molecule has 10 heteroatoms. The Morgan fingerprint density at radius 1 is 1.38 bits per heavy atom. The lowest BCUT2D eigenvalue weighted by molar-refractivity contribution is -0.384. The minimum atomic E-state index is -1.36. The van der Waals surface area contributed by atoms with Crippen molar-refractivity contribution in [3.05, 3.63) is 37.9 Å². The monoisotopic (exact) mass is 336 g/mol. The van der Waals surface area contributed by atoms with E-state index in [4.69, 9.17) is 33.4 Å². The summed E-state index contributed by atoms with van der Waals surface area (Å²) in [5.41, 5.74) is -0.774. The third kappa shape index (κ3) is 4.28. The Morgan fingerprint density at radius 2 is 2.00 bits per heavy atom. The number of amides is 1. The normalized spacial score (nSPS) is 11.8. The van der Waals surface area contributed by atoms with E-state index in [9.17, 15) is 19.7 Å². The Bertz CT molecular complexity index is 592. The molecule has 1 unspecified atom stereocenters. The van der Waals surface area contributed by atoms with Gasteiger partial charge < -0.3 is 15.5 Å². The molecule has 0 bridgehead atoms. The highest BCUT2D eigenvalue weighted by Crippen LogP contribution is 2.30. The van der Waals surface area contributed by atoms with Crippen LogP contribution < -0.4 is 5.32 Å². The molecule has 0 saturated heterocycles. The zero-order valence-corrected chi connectivity index (χ0v) is 11.9. The second-order valence-corrected chi connectivity index (χ2v) is 4.71. The number of halogens is 2. The van der Waals surface area contributed by atoms with Crippen molar-refractivity contribution in [3.63, 3.8) is 0 Å². The number of carboxylic acids is 1. The van der Waals surface area contributed by atoms with Crippen LogP contribution in [-0.4, -0.2) is 39.7 Å². The second-order valence-electron chi connectivity index (χ2n) is 3.92. The van der Waals surface area contributed by atoms with E-state index in [-0.39, 0.29) is 22.0 Å². The molecule has 1 amide bonds. The maximum Gasteiger partial charge on any atom is 0.326 e. The van der Waals surface area contributed by atoms with Crippen LogP contribution in [0.1, 0.15) is 16.8 Å². The molecule has 8 nitrogen and oxygen atoms in total. The van der Waals surface area contributed by atoms with E-state index >= 15 is 0 Å². The van der Waals surface area contributed by atoms with Crippen LogP contribution in [0.15, 0.2) is 12.1 Å². The van der Waals surface area contributed by atoms with Gasteiger partial charge in [-0.15, -0.1) is 0 Å². The van der Waals surface area contributed by atoms with Gasteiger partial charge in [0.05, 0.1) is 20.5 Å². The van der Waals surface area contributed by atoms with E-state index in [1.807, 2.05) is 0 Å². The molecule has 0 saturated carbocycles. The lowest BCUT2D eigenvalue weighted by atomic mass is 10.1. The van der Waals surface area contributed by atoms with Crippen molar-refractivity contribution in [2.45, 2.75) is 12.5 Å². The van der Waals surface area contributed by atoms with Crippen molar-refractivity contribution >= 4 is 40.8 Å². The SMILES string of the molecule is O=C(NC(CCO)C(=O)O)c1cc([N+](=O)[O-])cc(Cl)c1Cl. The number of nitrogens with zero attached hydrogens (tertiary/aromatic N) is 1. The molecule has 1 rings (SSSR count). The average molecular weight is 337 g/mol. The molecule has 1 aromatic carbocycles. The molecule has 0 aliphatic heterocycles. The van der Waals surface area contributed by atoms with Crippen molar-refractivity contribution in [2.24, 2.45) is 0 Å². The number of nitrogens with one attached hydrogen (secondary N) is 1. The Labute approximate surface area is 128 Å². The van der Waals surface area contributed by atoms with E-state index in [1.54, 1.807) is 0 Å². The van der Waals surface area contributed by atoms with Gasteiger partial charge in [-0.05, 0) is 0 Å². The van der Waals surface area contributed by atoms with Crippen LogP contribution in [0, 0.1) is 10.1 Å². The zero-order chi connectivity index (χ0) is 16.2. The van der Waals surface area contributed by atoms with E-state index in [1.165, 1.54) is 0 Å². The van der Waals surface area contributed by atoms with Crippen molar-refractivity contribution in [3.8, 4) is 0 Å². The highest BCUT2D eigenvalue weighted by Gasteiger charge is 2.24. The van der Waals surface area contributed by atoms with Crippen LogP contribution in [0.5, 0.6) is 0 Å². The first-order chi connectivity index (χ1) is 9.77.